The minimum absolute atomic E-state index is 0.0466. The summed E-state index contributed by atoms with van der Waals surface area (Å²) in [5.41, 5.74) is -0.516. The number of carbonyl (C=O) groups is 2. The van der Waals surface area contributed by atoms with Crippen molar-refractivity contribution in [2.75, 3.05) is 18.4 Å². The van der Waals surface area contributed by atoms with Gasteiger partial charge in [-0.15, -0.1) is 0 Å². The van der Waals surface area contributed by atoms with E-state index in [4.69, 9.17) is 5.11 Å². The van der Waals surface area contributed by atoms with Crippen LogP contribution in [0.3, 0.4) is 0 Å². The molecule has 88 valence electrons. The maximum absolute atomic E-state index is 11.5. The van der Waals surface area contributed by atoms with Crippen molar-refractivity contribution in [3.63, 3.8) is 0 Å². The molecular formula is C9H17BrN2O3. The third-order valence-corrected chi connectivity index (χ3v) is 2.61. The molecule has 0 aromatic rings. The largest absolute Gasteiger partial charge is 0.465 e. The number of nitrogens with zero attached hydrogens (tertiary/aromatic N) is 1. The molecular weight excluding hydrogens is 264 g/mol. The molecule has 0 unspecified atom stereocenters. The molecule has 0 spiro atoms. The first-order valence-electron chi connectivity index (χ1n) is 4.68. The molecule has 0 atom stereocenters. The molecule has 0 aliphatic heterocycles. The van der Waals surface area contributed by atoms with Crippen LogP contribution in [0.25, 0.3) is 0 Å². The van der Waals surface area contributed by atoms with E-state index in [-0.39, 0.29) is 17.8 Å². The summed E-state index contributed by atoms with van der Waals surface area (Å²) in [5, 5.41) is 11.0. The lowest BCUT2D eigenvalue weighted by molar-refractivity contribution is -0.133. The van der Waals surface area contributed by atoms with E-state index in [0.29, 0.717) is 6.54 Å². The van der Waals surface area contributed by atoms with Gasteiger partial charge in [0.2, 0.25) is 5.91 Å². The molecule has 0 fully saturated rings. The highest BCUT2D eigenvalue weighted by Crippen LogP contribution is 2.14. The Kier molecular flexibility index (Phi) is 5.64. The minimum atomic E-state index is -1.08. The number of likely N-dealkylation sites (N-methyl/N-ethyl adjacent to an activating group) is 1. The van der Waals surface area contributed by atoms with Gasteiger partial charge in [-0.2, -0.15) is 0 Å². The van der Waals surface area contributed by atoms with Gasteiger partial charge >= 0.3 is 6.09 Å². The van der Waals surface area contributed by atoms with Crippen molar-refractivity contribution in [1.29, 1.82) is 0 Å². The molecule has 2 amide bonds. The molecule has 0 aliphatic carbocycles. The SMILES string of the molecule is CCN(C(=O)CBr)C(C)(C)CNC(=O)O. The Morgan fingerprint density at radius 1 is 1.47 bits per heavy atom. The Bertz CT molecular complexity index is 244. The predicted octanol–water partition coefficient (Wildman–Crippen LogP) is 1.28. The number of amides is 2. The first-order valence-corrected chi connectivity index (χ1v) is 5.80. The van der Waals surface area contributed by atoms with E-state index in [1.165, 1.54) is 0 Å². The van der Waals surface area contributed by atoms with E-state index in [9.17, 15) is 9.59 Å². The Morgan fingerprint density at radius 2 is 2.00 bits per heavy atom. The average molecular weight is 281 g/mol. The third-order valence-electron chi connectivity index (χ3n) is 2.13. The van der Waals surface area contributed by atoms with Crippen LogP contribution in [-0.4, -0.2) is 46.0 Å². The van der Waals surface area contributed by atoms with E-state index < -0.39 is 11.6 Å². The van der Waals surface area contributed by atoms with Gasteiger partial charge in [-0.1, -0.05) is 15.9 Å². The third kappa shape index (κ3) is 4.51. The summed E-state index contributed by atoms with van der Waals surface area (Å²) >= 11 is 3.10. The number of alkyl halides is 1. The highest BCUT2D eigenvalue weighted by molar-refractivity contribution is 9.09. The van der Waals surface area contributed by atoms with Crippen molar-refractivity contribution in [3.05, 3.63) is 0 Å². The first kappa shape index (κ1) is 14.2. The number of hydrogen-bond acceptors (Lipinski definition) is 2. The Morgan fingerprint density at radius 3 is 2.33 bits per heavy atom. The summed E-state index contributed by atoms with van der Waals surface area (Å²) in [7, 11) is 0. The van der Waals surface area contributed by atoms with Crippen LogP contribution in [0.4, 0.5) is 4.79 Å². The molecule has 15 heavy (non-hydrogen) atoms. The molecule has 2 N–H and O–H groups in total. The smallest absolute Gasteiger partial charge is 0.404 e. The number of carboxylic acid groups (broad SMARTS) is 1. The van der Waals surface area contributed by atoms with Crippen LogP contribution in [-0.2, 0) is 4.79 Å². The summed E-state index contributed by atoms with van der Waals surface area (Å²) in [6, 6.07) is 0. The Labute approximate surface area is 98.0 Å². The molecule has 0 saturated heterocycles. The van der Waals surface area contributed by atoms with Gasteiger partial charge < -0.3 is 15.3 Å². The van der Waals surface area contributed by atoms with Gasteiger partial charge in [0.25, 0.3) is 0 Å². The van der Waals surface area contributed by atoms with E-state index in [2.05, 4.69) is 21.2 Å². The summed E-state index contributed by atoms with van der Waals surface area (Å²) in [5.74, 6) is -0.0466. The zero-order valence-corrected chi connectivity index (χ0v) is 10.8. The van der Waals surface area contributed by atoms with Crippen LogP contribution < -0.4 is 5.32 Å². The lowest BCUT2D eigenvalue weighted by Crippen LogP contribution is -2.54. The molecule has 0 rings (SSSR count). The van der Waals surface area contributed by atoms with Gasteiger partial charge in [0.05, 0.1) is 10.9 Å². The highest BCUT2D eigenvalue weighted by atomic mass is 79.9. The normalized spacial score (nSPS) is 10.9. The maximum atomic E-state index is 11.5. The summed E-state index contributed by atoms with van der Waals surface area (Å²) in [6.45, 7) is 6.29. The lowest BCUT2D eigenvalue weighted by Gasteiger charge is -2.37. The molecule has 0 aliphatic rings. The summed E-state index contributed by atoms with van der Waals surface area (Å²) in [4.78, 5) is 23.5. The van der Waals surface area contributed by atoms with Crippen LogP contribution in [0.5, 0.6) is 0 Å². The van der Waals surface area contributed by atoms with E-state index >= 15 is 0 Å². The van der Waals surface area contributed by atoms with Crippen molar-refractivity contribution in [2.24, 2.45) is 0 Å². The van der Waals surface area contributed by atoms with Gasteiger partial charge in [-0.25, -0.2) is 4.79 Å². The van der Waals surface area contributed by atoms with Gasteiger partial charge in [-0.3, -0.25) is 4.79 Å². The fourth-order valence-corrected chi connectivity index (χ4v) is 1.70. The second-order valence-electron chi connectivity index (χ2n) is 3.74. The number of halogens is 1. The van der Waals surface area contributed by atoms with E-state index in [0.717, 1.165) is 0 Å². The molecule has 0 saturated carbocycles. The first-order chi connectivity index (χ1) is 6.85. The topological polar surface area (TPSA) is 69.6 Å². The van der Waals surface area contributed by atoms with Crippen molar-refractivity contribution in [2.45, 2.75) is 26.3 Å². The fraction of sp³-hybridized carbons (Fsp3) is 0.778. The zero-order valence-electron chi connectivity index (χ0n) is 9.21. The second-order valence-corrected chi connectivity index (χ2v) is 4.30. The quantitative estimate of drug-likeness (QED) is 0.746. The van der Waals surface area contributed by atoms with Crippen LogP contribution >= 0.6 is 15.9 Å². The van der Waals surface area contributed by atoms with Crippen LogP contribution in [0.2, 0.25) is 0 Å². The number of rotatable bonds is 5. The number of carbonyl (C=O) groups excluding carboxylic acids is 1. The lowest BCUT2D eigenvalue weighted by atomic mass is 10.0. The maximum Gasteiger partial charge on any atom is 0.404 e. The average Bonchev–Trinajstić information content (AvgIpc) is 2.15. The van der Waals surface area contributed by atoms with Crippen LogP contribution in [0.1, 0.15) is 20.8 Å². The molecule has 0 heterocycles. The molecule has 0 bridgehead atoms. The van der Waals surface area contributed by atoms with Gasteiger partial charge in [-0.05, 0) is 20.8 Å². The van der Waals surface area contributed by atoms with Crippen molar-refractivity contribution in [1.82, 2.24) is 10.2 Å². The number of nitrogens with one attached hydrogen (secondary N) is 1. The van der Waals surface area contributed by atoms with Crippen molar-refractivity contribution < 1.29 is 14.7 Å². The monoisotopic (exact) mass is 280 g/mol. The predicted molar refractivity (Wildman–Crippen MR) is 61.3 cm³/mol. The standard InChI is InChI=1S/C9H17BrN2O3/c1-4-12(7(13)5-10)9(2,3)6-11-8(14)15/h11H,4-6H2,1-3H3,(H,14,15). The van der Waals surface area contributed by atoms with Crippen LogP contribution in [0.15, 0.2) is 0 Å². The molecule has 6 heteroatoms. The number of hydrogen-bond donors (Lipinski definition) is 2. The van der Waals surface area contributed by atoms with Crippen molar-refractivity contribution >= 4 is 27.9 Å². The van der Waals surface area contributed by atoms with Crippen LogP contribution in [0, 0.1) is 0 Å². The molecule has 0 radical (unpaired) electrons. The zero-order chi connectivity index (χ0) is 12.1. The van der Waals surface area contributed by atoms with Gasteiger partial charge in [0.1, 0.15) is 0 Å². The highest BCUT2D eigenvalue weighted by Gasteiger charge is 2.29. The minimum Gasteiger partial charge on any atom is -0.465 e. The van der Waals surface area contributed by atoms with Gasteiger partial charge in [0.15, 0.2) is 0 Å². The second kappa shape index (κ2) is 5.95. The summed E-state index contributed by atoms with van der Waals surface area (Å²) in [6.07, 6.45) is -1.08. The molecule has 0 aromatic carbocycles. The van der Waals surface area contributed by atoms with Crippen molar-refractivity contribution in [3.8, 4) is 0 Å². The fourth-order valence-electron chi connectivity index (χ4n) is 1.40. The Hall–Kier alpha value is -0.780. The van der Waals surface area contributed by atoms with E-state index in [1.54, 1.807) is 4.90 Å². The Balaban J connectivity index is 4.50. The molecule has 5 nitrogen and oxygen atoms in total. The van der Waals surface area contributed by atoms with E-state index in [1.807, 2.05) is 20.8 Å². The summed E-state index contributed by atoms with van der Waals surface area (Å²) < 4.78 is 0. The molecule has 0 aromatic heterocycles. The van der Waals surface area contributed by atoms with Gasteiger partial charge in [0, 0.05) is 13.1 Å².